The van der Waals surface area contributed by atoms with E-state index >= 15 is 0 Å². The van der Waals surface area contributed by atoms with Crippen LogP contribution in [0.5, 0.6) is 0 Å². The van der Waals surface area contributed by atoms with E-state index in [0.29, 0.717) is 32.2 Å². The molecule has 2 heterocycles. The Morgan fingerprint density at radius 1 is 1.07 bits per heavy atom. The minimum absolute atomic E-state index is 0.339. The minimum atomic E-state index is -0.535. The fourth-order valence-corrected chi connectivity index (χ4v) is 2.88. The van der Waals surface area contributed by atoms with E-state index in [1.54, 1.807) is 12.4 Å². The average Bonchev–Trinajstić information content (AvgIpc) is 3.13. The number of nitrogens with one attached hydrogen (secondary N) is 1. The summed E-state index contributed by atoms with van der Waals surface area (Å²) >= 11 is 0. The first kappa shape index (κ1) is 20.2. The van der Waals surface area contributed by atoms with E-state index in [1.807, 2.05) is 53.3 Å². The molecule has 0 spiro atoms. The van der Waals surface area contributed by atoms with E-state index in [2.05, 4.69) is 24.1 Å². The lowest BCUT2D eigenvalue weighted by molar-refractivity contribution is 0.0260. The third-order valence-corrected chi connectivity index (χ3v) is 4.22. The van der Waals surface area contributed by atoms with Crippen LogP contribution in [-0.2, 0) is 11.3 Å². The number of hydrogen-bond acceptors (Lipinski definition) is 5. The highest BCUT2D eigenvalue weighted by molar-refractivity contribution is 5.62. The molecule has 0 aliphatic rings. The zero-order valence-corrected chi connectivity index (χ0v) is 16.5. The molecular weight excluding hydrogens is 352 g/mol. The maximum absolute atomic E-state index is 10.1. The summed E-state index contributed by atoms with van der Waals surface area (Å²) in [6.45, 7) is 6.25. The second-order valence-corrected chi connectivity index (χ2v) is 7.23. The first-order valence-electron chi connectivity index (χ1n) is 9.64. The molecule has 0 saturated heterocycles. The van der Waals surface area contributed by atoms with Gasteiger partial charge in [-0.2, -0.15) is 5.10 Å². The summed E-state index contributed by atoms with van der Waals surface area (Å²) in [5.41, 5.74) is 3.99. The Hall–Kier alpha value is -2.54. The van der Waals surface area contributed by atoms with Crippen molar-refractivity contribution in [1.82, 2.24) is 20.1 Å². The van der Waals surface area contributed by atoms with Crippen molar-refractivity contribution in [2.75, 3.05) is 19.8 Å². The molecule has 0 fully saturated rings. The lowest BCUT2D eigenvalue weighted by Crippen LogP contribution is -2.30. The molecule has 148 valence electrons. The number of aromatic nitrogens is 3. The molecule has 1 atom stereocenters. The molecule has 0 saturated carbocycles. The predicted octanol–water partition coefficient (Wildman–Crippen LogP) is 3.06. The third kappa shape index (κ3) is 5.73. The monoisotopic (exact) mass is 380 g/mol. The first-order chi connectivity index (χ1) is 13.6. The van der Waals surface area contributed by atoms with Gasteiger partial charge < -0.3 is 15.2 Å². The van der Waals surface area contributed by atoms with Crippen LogP contribution in [0.3, 0.4) is 0 Å². The zero-order valence-electron chi connectivity index (χ0n) is 16.5. The van der Waals surface area contributed by atoms with Crippen LogP contribution in [0.15, 0.2) is 61.1 Å². The molecule has 2 aromatic heterocycles. The Morgan fingerprint density at radius 3 is 2.54 bits per heavy atom. The zero-order chi connectivity index (χ0) is 19.8. The van der Waals surface area contributed by atoms with Crippen LogP contribution >= 0.6 is 0 Å². The van der Waals surface area contributed by atoms with Gasteiger partial charge in [-0.25, -0.2) is 4.68 Å². The summed E-state index contributed by atoms with van der Waals surface area (Å²) in [5.74, 6) is 0.465. The number of aliphatic hydroxyl groups excluding tert-OH is 1. The number of rotatable bonds is 10. The van der Waals surface area contributed by atoms with E-state index < -0.39 is 6.10 Å². The van der Waals surface area contributed by atoms with Crippen LogP contribution in [0.2, 0.25) is 0 Å². The van der Waals surface area contributed by atoms with Gasteiger partial charge >= 0.3 is 0 Å². The molecule has 2 N–H and O–H groups in total. The van der Waals surface area contributed by atoms with Gasteiger partial charge in [-0.3, -0.25) is 4.98 Å². The van der Waals surface area contributed by atoms with Gasteiger partial charge in [-0.05, 0) is 30.2 Å². The van der Waals surface area contributed by atoms with Crippen LogP contribution in [0.1, 0.15) is 19.4 Å². The van der Waals surface area contributed by atoms with Gasteiger partial charge in [-0.15, -0.1) is 0 Å². The lowest BCUT2D eigenvalue weighted by Gasteiger charge is -2.13. The van der Waals surface area contributed by atoms with Crippen LogP contribution in [-0.4, -0.2) is 45.7 Å². The predicted molar refractivity (Wildman–Crippen MR) is 110 cm³/mol. The summed E-state index contributed by atoms with van der Waals surface area (Å²) in [7, 11) is 0. The third-order valence-electron chi connectivity index (χ3n) is 4.22. The van der Waals surface area contributed by atoms with Gasteiger partial charge in [0.15, 0.2) is 0 Å². The normalized spacial score (nSPS) is 12.4. The van der Waals surface area contributed by atoms with E-state index in [9.17, 15) is 5.11 Å². The molecule has 0 radical (unpaired) electrons. The standard InChI is InChI=1S/C22H28N4O2/c1-17(2)15-28-16-21(27)13-24-12-19-14-26(20-6-4-3-5-7-20)25-22(19)18-8-10-23-11-9-18/h3-11,14,17,21,24,27H,12-13,15-16H2,1-2H3. The quantitative estimate of drug-likeness (QED) is 0.566. The topological polar surface area (TPSA) is 72.2 Å². The summed E-state index contributed by atoms with van der Waals surface area (Å²) in [6.07, 6.45) is 5.03. The highest BCUT2D eigenvalue weighted by Crippen LogP contribution is 2.23. The van der Waals surface area contributed by atoms with E-state index in [4.69, 9.17) is 9.84 Å². The first-order valence-corrected chi connectivity index (χ1v) is 9.64. The van der Waals surface area contributed by atoms with Crippen molar-refractivity contribution in [2.45, 2.75) is 26.5 Å². The molecule has 0 aliphatic carbocycles. The molecule has 28 heavy (non-hydrogen) atoms. The summed E-state index contributed by atoms with van der Waals surface area (Å²) in [4.78, 5) is 4.09. The van der Waals surface area contributed by atoms with Crippen molar-refractivity contribution >= 4 is 0 Å². The minimum Gasteiger partial charge on any atom is -0.389 e. The van der Waals surface area contributed by atoms with Crippen LogP contribution < -0.4 is 5.32 Å². The molecule has 6 nitrogen and oxygen atoms in total. The second-order valence-electron chi connectivity index (χ2n) is 7.23. The van der Waals surface area contributed by atoms with Crippen molar-refractivity contribution in [2.24, 2.45) is 5.92 Å². The van der Waals surface area contributed by atoms with Crippen molar-refractivity contribution in [3.8, 4) is 16.9 Å². The Bertz CT molecular complexity index is 834. The molecule has 0 aliphatic heterocycles. The number of nitrogens with zero attached hydrogens (tertiary/aromatic N) is 3. The van der Waals surface area contributed by atoms with E-state index in [-0.39, 0.29) is 0 Å². The smallest absolute Gasteiger partial charge is 0.0973 e. The Kier molecular flexibility index (Phi) is 7.31. The van der Waals surface area contributed by atoms with Crippen LogP contribution in [0.25, 0.3) is 16.9 Å². The highest BCUT2D eigenvalue weighted by Gasteiger charge is 2.13. The summed E-state index contributed by atoms with van der Waals surface area (Å²) in [6, 6.07) is 13.9. The molecule has 1 aromatic carbocycles. The van der Waals surface area contributed by atoms with Gasteiger partial charge in [0.1, 0.15) is 0 Å². The Morgan fingerprint density at radius 2 is 1.82 bits per heavy atom. The highest BCUT2D eigenvalue weighted by atomic mass is 16.5. The number of ether oxygens (including phenoxy) is 1. The van der Waals surface area contributed by atoms with E-state index in [0.717, 1.165) is 22.5 Å². The Balaban J connectivity index is 1.68. The fraction of sp³-hybridized carbons (Fsp3) is 0.364. The van der Waals surface area contributed by atoms with Gasteiger partial charge in [0, 0.05) is 49.4 Å². The second kappa shape index (κ2) is 10.1. The van der Waals surface area contributed by atoms with Crippen molar-refractivity contribution in [1.29, 1.82) is 0 Å². The van der Waals surface area contributed by atoms with Crippen molar-refractivity contribution in [3.63, 3.8) is 0 Å². The van der Waals surface area contributed by atoms with E-state index in [1.165, 1.54) is 0 Å². The SMILES string of the molecule is CC(C)COCC(O)CNCc1cn(-c2ccccc2)nc1-c1ccncc1. The maximum Gasteiger partial charge on any atom is 0.0973 e. The van der Waals surface area contributed by atoms with Crippen LogP contribution in [0.4, 0.5) is 0 Å². The van der Waals surface area contributed by atoms with Gasteiger partial charge in [0.2, 0.25) is 0 Å². The molecule has 0 amide bonds. The number of pyridine rings is 1. The lowest BCUT2D eigenvalue weighted by atomic mass is 10.1. The molecule has 3 aromatic rings. The van der Waals surface area contributed by atoms with Crippen molar-refractivity contribution in [3.05, 3.63) is 66.6 Å². The number of aliphatic hydroxyl groups is 1. The van der Waals surface area contributed by atoms with Crippen LogP contribution in [0, 0.1) is 5.92 Å². The number of hydrogen-bond donors (Lipinski definition) is 2. The van der Waals surface area contributed by atoms with Crippen molar-refractivity contribution < 1.29 is 9.84 Å². The van der Waals surface area contributed by atoms with Gasteiger partial charge in [0.25, 0.3) is 0 Å². The fourth-order valence-electron chi connectivity index (χ4n) is 2.88. The largest absolute Gasteiger partial charge is 0.389 e. The molecule has 1 unspecified atom stereocenters. The number of benzene rings is 1. The Labute approximate surface area is 166 Å². The number of para-hydroxylation sites is 1. The van der Waals surface area contributed by atoms with Gasteiger partial charge in [0.05, 0.1) is 24.1 Å². The molecule has 3 rings (SSSR count). The maximum atomic E-state index is 10.1. The average molecular weight is 380 g/mol. The van der Waals surface area contributed by atoms with Gasteiger partial charge in [-0.1, -0.05) is 32.0 Å². The molecular formula is C22H28N4O2. The molecule has 0 bridgehead atoms. The molecule has 6 heteroatoms. The summed E-state index contributed by atoms with van der Waals surface area (Å²) in [5, 5.41) is 18.2. The summed E-state index contributed by atoms with van der Waals surface area (Å²) < 4.78 is 7.39.